The number of nitrogens with one attached hydrogen (secondary N) is 3. The Hall–Kier alpha value is -5.13. The van der Waals surface area contributed by atoms with Crippen LogP contribution in [0.4, 0.5) is 0 Å². The Kier molecular flexibility index (Phi) is 11.5. The number of nitrogens with two attached hydrogens (primary N) is 1. The van der Waals surface area contributed by atoms with Crippen molar-refractivity contribution in [2.45, 2.75) is 31.5 Å². The van der Waals surface area contributed by atoms with Crippen LogP contribution in [0, 0.1) is 0 Å². The molecular weight excluding hydrogens is 562 g/mol. The van der Waals surface area contributed by atoms with E-state index in [2.05, 4.69) is 20.9 Å². The van der Waals surface area contributed by atoms with Gasteiger partial charge in [0.15, 0.2) is 5.78 Å². The molecule has 44 heavy (non-hydrogen) atoms. The highest BCUT2D eigenvalue weighted by atomic mass is 16.5. The second kappa shape index (κ2) is 15.9. The molecule has 3 atom stereocenters. The number of pyridine rings is 1. The fraction of sp³-hybridized carbons (Fsp3) is 0.242. The fourth-order valence-electron chi connectivity index (χ4n) is 4.67. The van der Waals surface area contributed by atoms with Gasteiger partial charge in [-0.25, -0.2) is 4.98 Å². The van der Waals surface area contributed by atoms with Gasteiger partial charge in [-0.05, 0) is 43.2 Å². The van der Waals surface area contributed by atoms with Crippen molar-refractivity contribution in [3.63, 3.8) is 0 Å². The Morgan fingerprint density at radius 1 is 0.864 bits per heavy atom. The summed E-state index contributed by atoms with van der Waals surface area (Å²) in [5.41, 5.74) is 7.58. The Balaban J connectivity index is 1.56. The van der Waals surface area contributed by atoms with Crippen LogP contribution in [0.3, 0.4) is 0 Å². The Bertz CT molecular complexity index is 1580. The minimum absolute atomic E-state index is 0.0574. The van der Waals surface area contributed by atoms with Crippen molar-refractivity contribution in [2.75, 3.05) is 19.9 Å². The van der Waals surface area contributed by atoms with Gasteiger partial charge in [0.1, 0.15) is 24.1 Å². The third kappa shape index (κ3) is 8.69. The van der Waals surface area contributed by atoms with E-state index in [9.17, 15) is 19.2 Å². The van der Waals surface area contributed by atoms with E-state index < -0.39 is 29.9 Å². The molecule has 228 valence electrons. The summed E-state index contributed by atoms with van der Waals surface area (Å²) in [6.45, 7) is 1.01. The van der Waals surface area contributed by atoms with Gasteiger partial charge < -0.3 is 31.2 Å². The molecule has 4 rings (SSSR count). The largest absolute Gasteiger partial charge is 0.491 e. The lowest BCUT2D eigenvalue weighted by Gasteiger charge is -2.30. The quantitative estimate of drug-likeness (QED) is 0.0870. The number of ether oxygens (including phenoxy) is 2. The number of Topliss-reactive ketones (excluding diaryl/α,β-unsaturated/α-hetero) is 1. The molecule has 11 heteroatoms. The summed E-state index contributed by atoms with van der Waals surface area (Å²) in [6.07, 6.45) is 0.845. The number of amides is 3. The second-order valence-electron chi connectivity index (χ2n) is 10.0. The highest BCUT2D eigenvalue weighted by molar-refractivity contribution is 5.98. The molecule has 3 aromatic carbocycles. The standard InChI is InChI=1S/C33H35N5O6/c1-22(40)25-12-6-8-14-31(25)44-19-29(35-21-39)28(17-23-9-3-2-4-10-23)37-33(42)30(18-43-20-34)38-32(41)27-16-15-24-11-5-7-13-26(24)36-27/h2-16,21,28-30H,17-20,34H2,1H3,(H,35,39)(H,37,42)(H,38,41)/t28-,29+,30-/m0/s1. The van der Waals surface area contributed by atoms with Crippen LogP contribution in [0.15, 0.2) is 91.0 Å². The summed E-state index contributed by atoms with van der Waals surface area (Å²) in [5, 5.41) is 9.26. The number of carbonyl (C=O) groups excluding carboxylic acids is 4. The summed E-state index contributed by atoms with van der Waals surface area (Å²) in [4.78, 5) is 55.1. The zero-order valence-corrected chi connectivity index (χ0v) is 24.3. The summed E-state index contributed by atoms with van der Waals surface area (Å²) >= 11 is 0. The average molecular weight is 598 g/mol. The van der Waals surface area contributed by atoms with Crippen LogP contribution in [0.25, 0.3) is 10.9 Å². The van der Waals surface area contributed by atoms with Crippen LogP contribution in [-0.2, 0) is 20.7 Å². The normalized spacial score (nSPS) is 12.9. The molecule has 3 amide bonds. The Morgan fingerprint density at radius 2 is 1.59 bits per heavy atom. The SMILES string of the molecule is CC(=O)c1ccccc1OC[C@@H](NC=O)[C@H](Cc1ccccc1)NC(=O)[C@H](COCN)NC(=O)c1ccc2ccccc2n1. The van der Waals surface area contributed by atoms with Gasteiger partial charge in [-0.1, -0.05) is 66.7 Å². The maximum atomic E-state index is 13.7. The lowest BCUT2D eigenvalue weighted by atomic mass is 9.99. The molecule has 4 aromatic rings. The zero-order chi connectivity index (χ0) is 31.3. The maximum absolute atomic E-state index is 13.7. The second-order valence-corrected chi connectivity index (χ2v) is 10.0. The first kappa shape index (κ1) is 31.8. The van der Waals surface area contributed by atoms with Crippen LogP contribution < -0.4 is 26.4 Å². The molecule has 0 fully saturated rings. The lowest BCUT2D eigenvalue weighted by molar-refractivity contribution is -0.125. The number of ketones is 1. The lowest BCUT2D eigenvalue weighted by Crippen LogP contribution is -2.58. The summed E-state index contributed by atoms with van der Waals surface area (Å²) in [6, 6.07) is 24.4. The molecule has 0 saturated carbocycles. The predicted octanol–water partition coefficient (Wildman–Crippen LogP) is 2.39. The summed E-state index contributed by atoms with van der Waals surface area (Å²) < 4.78 is 11.3. The van der Waals surface area contributed by atoms with Crippen LogP contribution in [0.5, 0.6) is 5.75 Å². The van der Waals surface area contributed by atoms with Crippen molar-refractivity contribution in [3.05, 3.63) is 108 Å². The molecule has 0 aliphatic rings. The van der Waals surface area contributed by atoms with E-state index in [0.29, 0.717) is 29.7 Å². The van der Waals surface area contributed by atoms with Gasteiger partial charge in [-0.2, -0.15) is 0 Å². The number of aromatic nitrogens is 1. The molecular formula is C33H35N5O6. The molecule has 11 nitrogen and oxygen atoms in total. The molecule has 0 radical (unpaired) electrons. The molecule has 0 spiro atoms. The van der Waals surface area contributed by atoms with Crippen molar-refractivity contribution in [1.82, 2.24) is 20.9 Å². The summed E-state index contributed by atoms with van der Waals surface area (Å²) in [7, 11) is 0. The molecule has 0 bridgehead atoms. The Labute approximate surface area is 255 Å². The van der Waals surface area contributed by atoms with Gasteiger partial charge >= 0.3 is 0 Å². The van der Waals surface area contributed by atoms with Crippen LogP contribution in [0.1, 0.15) is 33.3 Å². The number of carbonyl (C=O) groups is 4. The van der Waals surface area contributed by atoms with E-state index in [1.807, 2.05) is 48.5 Å². The van der Waals surface area contributed by atoms with E-state index in [1.54, 1.807) is 42.5 Å². The monoisotopic (exact) mass is 597 g/mol. The zero-order valence-electron chi connectivity index (χ0n) is 24.3. The van der Waals surface area contributed by atoms with Crippen molar-refractivity contribution in [3.8, 4) is 5.75 Å². The van der Waals surface area contributed by atoms with Crippen molar-refractivity contribution < 1.29 is 28.7 Å². The van der Waals surface area contributed by atoms with E-state index in [0.717, 1.165) is 10.9 Å². The average Bonchev–Trinajstić information content (AvgIpc) is 3.04. The molecule has 1 heterocycles. The number of rotatable bonds is 16. The van der Waals surface area contributed by atoms with Gasteiger partial charge in [-0.15, -0.1) is 0 Å². The third-order valence-corrected chi connectivity index (χ3v) is 6.93. The first-order chi connectivity index (χ1) is 21.4. The van der Waals surface area contributed by atoms with E-state index >= 15 is 0 Å². The fourth-order valence-corrected chi connectivity index (χ4v) is 4.67. The smallest absolute Gasteiger partial charge is 0.270 e. The predicted molar refractivity (Wildman–Crippen MR) is 165 cm³/mol. The highest BCUT2D eigenvalue weighted by Crippen LogP contribution is 2.19. The first-order valence-electron chi connectivity index (χ1n) is 14.1. The van der Waals surface area contributed by atoms with Crippen molar-refractivity contribution in [2.24, 2.45) is 5.73 Å². The Morgan fingerprint density at radius 3 is 2.34 bits per heavy atom. The van der Waals surface area contributed by atoms with Gasteiger partial charge in [0.05, 0.1) is 36.5 Å². The number of benzene rings is 3. The molecule has 5 N–H and O–H groups in total. The minimum Gasteiger partial charge on any atom is -0.491 e. The van der Waals surface area contributed by atoms with Gasteiger partial charge in [0.25, 0.3) is 5.91 Å². The van der Waals surface area contributed by atoms with Gasteiger partial charge in [0.2, 0.25) is 12.3 Å². The van der Waals surface area contributed by atoms with Gasteiger partial charge in [-0.3, -0.25) is 19.2 Å². The number of fused-ring (bicyclic) bond motifs is 1. The van der Waals surface area contributed by atoms with Crippen LogP contribution in [0.2, 0.25) is 0 Å². The third-order valence-electron chi connectivity index (χ3n) is 6.93. The van der Waals surface area contributed by atoms with Crippen molar-refractivity contribution in [1.29, 1.82) is 0 Å². The minimum atomic E-state index is -1.13. The molecule has 0 aliphatic carbocycles. The van der Waals surface area contributed by atoms with Crippen molar-refractivity contribution >= 4 is 34.9 Å². The van der Waals surface area contributed by atoms with Gasteiger partial charge in [0, 0.05) is 5.39 Å². The highest BCUT2D eigenvalue weighted by Gasteiger charge is 2.29. The van der Waals surface area contributed by atoms with E-state index in [-0.39, 0.29) is 31.4 Å². The number of para-hydroxylation sites is 2. The van der Waals surface area contributed by atoms with E-state index in [4.69, 9.17) is 15.2 Å². The van der Waals surface area contributed by atoms with Crippen LogP contribution in [-0.4, -0.2) is 67.1 Å². The maximum Gasteiger partial charge on any atom is 0.270 e. The molecule has 0 saturated heterocycles. The molecule has 0 unspecified atom stereocenters. The summed E-state index contributed by atoms with van der Waals surface area (Å²) in [5.74, 6) is -0.945. The molecule has 0 aliphatic heterocycles. The topological polar surface area (TPSA) is 162 Å². The number of hydrogen-bond donors (Lipinski definition) is 4. The number of nitrogens with zero attached hydrogens (tertiary/aromatic N) is 1. The van der Waals surface area contributed by atoms with Crippen LogP contribution >= 0.6 is 0 Å². The number of hydrogen-bond acceptors (Lipinski definition) is 8. The molecule has 1 aromatic heterocycles. The first-order valence-corrected chi connectivity index (χ1v) is 14.1. The van der Waals surface area contributed by atoms with E-state index in [1.165, 1.54) is 6.92 Å².